The third kappa shape index (κ3) is 3.20. The number of rotatable bonds is 6. The van der Waals surface area contributed by atoms with E-state index >= 15 is 0 Å². The lowest BCUT2D eigenvalue weighted by Crippen LogP contribution is -2.36. The number of primary amides is 1. The minimum Gasteiger partial charge on any atom is -0.369 e. The van der Waals surface area contributed by atoms with Crippen molar-refractivity contribution in [1.29, 1.82) is 0 Å². The molecule has 1 saturated heterocycles. The third-order valence-corrected chi connectivity index (χ3v) is 3.66. The van der Waals surface area contributed by atoms with E-state index in [1.165, 1.54) is 25.7 Å². The highest BCUT2D eigenvalue weighted by molar-refractivity contribution is 5.78. The van der Waals surface area contributed by atoms with E-state index in [-0.39, 0.29) is 17.2 Å². The summed E-state index contributed by atoms with van der Waals surface area (Å²) in [7, 11) is 0. The van der Waals surface area contributed by atoms with Gasteiger partial charge in [0.15, 0.2) is 0 Å². The zero-order valence-electron chi connectivity index (χ0n) is 10.0. The highest BCUT2D eigenvalue weighted by Crippen LogP contribution is 2.36. The summed E-state index contributed by atoms with van der Waals surface area (Å²) in [6, 6.07) is 0. The number of carbonyl (C=O) groups is 1. The van der Waals surface area contributed by atoms with E-state index in [0.29, 0.717) is 0 Å². The molecule has 1 fully saturated rings. The Morgan fingerprint density at radius 3 is 2.80 bits per heavy atom. The van der Waals surface area contributed by atoms with Gasteiger partial charge in [-0.15, -0.1) is 0 Å². The molecule has 1 aliphatic rings. The maximum absolute atomic E-state index is 11.3. The molecule has 0 aromatic carbocycles. The molecule has 88 valence electrons. The van der Waals surface area contributed by atoms with Crippen LogP contribution in [-0.4, -0.2) is 19.0 Å². The lowest BCUT2D eigenvalue weighted by atomic mass is 9.75. The summed E-state index contributed by atoms with van der Waals surface area (Å²) in [5.41, 5.74) is 5.52. The van der Waals surface area contributed by atoms with Gasteiger partial charge in [-0.2, -0.15) is 0 Å². The van der Waals surface area contributed by atoms with Crippen molar-refractivity contribution < 1.29 is 4.79 Å². The van der Waals surface area contributed by atoms with Gasteiger partial charge in [0.2, 0.25) is 5.91 Å². The fourth-order valence-corrected chi connectivity index (χ4v) is 2.53. The average Bonchev–Trinajstić information content (AvgIpc) is 2.56. The van der Waals surface area contributed by atoms with Crippen LogP contribution in [0.25, 0.3) is 0 Å². The van der Waals surface area contributed by atoms with Gasteiger partial charge < -0.3 is 11.1 Å². The largest absolute Gasteiger partial charge is 0.369 e. The number of nitrogens with two attached hydrogens (primary N) is 1. The molecule has 1 heterocycles. The fourth-order valence-electron chi connectivity index (χ4n) is 2.53. The van der Waals surface area contributed by atoms with Gasteiger partial charge in [-0.05, 0) is 11.8 Å². The Labute approximate surface area is 92.8 Å². The number of nitrogens with one attached hydrogen (secondary N) is 1. The molecule has 3 N–H and O–H groups in total. The first-order valence-corrected chi connectivity index (χ1v) is 6.10. The fraction of sp³-hybridized carbons (Fsp3) is 0.917. The van der Waals surface area contributed by atoms with Gasteiger partial charge in [0.1, 0.15) is 0 Å². The Kier molecular flexibility index (Phi) is 4.58. The van der Waals surface area contributed by atoms with Gasteiger partial charge in [-0.3, -0.25) is 4.79 Å². The van der Waals surface area contributed by atoms with E-state index in [4.69, 9.17) is 5.73 Å². The van der Waals surface area contributed by atoms with Crippen molar-refractivity contribution in [2.75, 3.05) is 13.1 Å². The Bertz CT molecular complexity index is 218. The molecule has 0 aliphatic carbocycles. The SMILES string of the molecule is CCCCCCC1(C)CNCC1C(N)=O. The normalized spacial score (nSPS) is 30.7. The number of hydrogen-bond donors (Lipinski definition) is 2. The molecule has 0 spiro atoms. The predicted octanol–water partition coefficient (Wildman–Crippen LogP) is 1.67. The molecule has 0 aromatic rings. The van der Waals surface area contributed by atoms with Crippen LogP contribution in [0.5, 0.6) is 0 Å². The second-order valence-corrected chi connectivity index (χ2v) is 5.05. The Morgan fingerprint density at radius 1 is 1.47 bits per heavy atom. The van der Waals surface area contributed by atoms with Crippen LogP contribution in [-0.2, 0) is 4.79 Å². The number of hydrogen-bond acceptors (Lipinski definition) is 2. The van der Waals surface area contributed by atoms with Crippen LogP contribution in [0.1, 0.15) is 46.0 Å². The van der Waals surface area contributed by atoms with Gasteiger partial charge in [0.25, 0.3) is 0 Å². The average molecular weight is 212 g/mol. The van der Waals surface area contributed by atoms with E-state index in [9.17, 15) is 4.79 Å². The lowest BCUT2D eigenvalue weighted by Gasteiger charge is -2.28. The summed E-state index contributed by atoms with van der Waals surface area (Å²) in [6.07, 6.45) is 6.17. The zero-order valence-corrected chi connectivity index (χ0v) is 10.0. The van der Waals surface area contributed by atoms with Crippen LogP contribution < -0.4 is 11.1 Å². The van der Waals surface area contributed by atoms with Crippen LogP contribution in [0.3, 0.4) is 0 Å². The standard InChI is InChI=1S/C12H24N2O/c1-3-4-5-6-7-12(2)9-14-8-10(12)11(13)15/h10,14H,3-9H2,1-2H3,(H2,13,15). The molecular formula is C12H24N2O. The zero-order chi connectivity index (χ0) is 11.3. The molecule has 2 atom stereocenters. The van der Waals surface area contributed by atoms with Gasteiger partial charge in [-0.25, -0.2) is 0 Å². The predicted molar refractivity (Wildman–Crippen MR) is 62.4 cm³/mol. The highest BCUT2D eigenvalue weighted by Gasteiger charge is 2.41. The molecule has 0 aromatic heterocycles. The van der Waals surface area contributed by atoms with E-state index < -0.39 is 0 Å². The van der Waals surface area contributed by atoms with E-state index in [0.717, 1.165) is 19.5 Å². The van der Waals surface area contributed by atoms with Crippen molar-refractivity contribution >= 4 is 5.91 Å². The van der Waals surface area contributed by atoms with Gasteiger partial charge in [0, 0.05) is 13.1 Å². The van der Waals surface area contributed by atoms with Crippen molar-refractivity contribution in [2.45, 2.75) is 46.0 Å². The quantitative estimate of drug-likeness (QED) is 0.658. The van der Waals surface area contributed by atoms with E-state index in [2.05, 4.69) is 19.2 Å². The minimum absolute atomic E-state index is 0.0270. The maximum Gasteiger partial charge on any atom is 0.222 e. The second-order valence-electron chi connectivity index (χ2n) is 5.05. The smallest absolute Gasteiger partial charge is 0.222 e. The van der Waals surface area contributed by atoms with Crippen molar-refractivity contribution in [3.8, 4) is 0 Å². The van der Waals surface area contributed by atoms with E-state index in [1.807, 2.05) is 0 Å². The van der Waals surface area contributed by atoms with Gasteiger partial charge >= 0.3 is 0 Å². The summed E-state index contributed by atoms with van der Waals surface area (Å²) in [6.45, 7) is 6.10. The lowest BCUT2D eigenvalue weighted by molar-refractivity contribution is -0.124. The summed E-state index contributed by atoms with van der Waals surface area (Å²) >= 11 is 0. The maximum atomic E-state index is 11.3. The first-order chi connectivity index (χ1) is 7.10. The van der Waals surface area contributed by atoms with Crippen molar-refractivity contribution in [2.24, 2.45) is 17.1 Å². The van der Waals surface area contributed by atoms with Crippen molar-refractivity contribution in [3.63, 3.8) is 0 Å². The molecule has 3 heteroatoms. The molecular weight excluding hydrogens is 188 g/mol. The molecule has 3 nitrogen and oxygen atoms in total. The molecule has 0 radical (unpaired) electrons. The molecule has 0 saturated carbocycles. The molecule has 0 bridgehead atoms. The van der Waals surface area contributed by atoms with Crippen molar-refractivity contribution in [3.05, 3.63) is 0 Å². The topological polar surface area (TPSA) is 55.1 Å². The van der Waals surface area contributed by atoms with Crippen LogP contribution in [0.4, 0.5) is 0 Å². The van der Waals surface area contributed by atoms with E-state index in [1.54, 1.807) is 0 Å². The summed E-state index contributed by atoms with van der Waals surface area (Å²) < 4.78 is 0. The summed E-state index contributed by atoms with van der Waals surface area (Å²) in [5, 5.41) is 3.28. The third-order valence-electron chi connectivity index (χ3n) is 3.66. The summed E-state index contributed by atoms with van der Waals surface area (Å²) in [4.78, 5) is 11.3. The van der Waals surface area contributed by atoms with Crippen LogP contribution >= 0.6 is 0 Å². The Balaban J connectivity index is 2.39. The number of amides is 1. The Morgan fingerprint density at radius 2 is 2.20 bits per heavy atom. The van der Waals surface area contributed by atoms with Crippen LogP contribution in [0, 0.1) is 11.3 Å². The molecule has 1 aliphatic heterocycles. The molecule has 2 unspecified atom stereocenters. The number of carbonyl (C=O) groups excluding carboxylic acids is 1. The first-order valence-electron chi connectivity index (χ1n) is 6.10. The van der Waals surface area contributed by atoms with Gasteiger partial charge in [-0.1, -0.05) is 39.5 Å². The van der Waals surface area contributed by atoms with Gasteiger partial charge in [0.05, 0.1) is 5.92 Å². The second kappa shape index (κ2) is 5.50. The molecule has 1 rings (SSSR count). The number of unbranched alkanes of at least 4 members (excludes halogenated alkanes) is 3. The molecule has 1 amide bonds. The monoisotopic (exact) mass is 212 g/mol. The minimum atomic E-state index is -0.141. The Hall–Kier alpha value is -0.570. The summed E-state index contributed by atoms with van der Waals surface area (Å²) in [5.74, 6) is -0.114. The van der Waals surface area contributed by atoms with Crippen LogP contribution in [0.15, 0.2) is 0 Å². The first kappa shape index (κ1) is 12.5. The van der Waals surface area contributed by atoms with Crippen LogP contribution in [0.2, 0.25) is 0 Å². The van der Waals surface area contributed by atoms with Crippen molar-refractivity contribution in [1.82, 2.24) is 5.32 Å². The highest BCUT2D eigenvalue weighted by atomic mass is 16.1. The molecule has 15 heavy (non-hydrogen) atoms.